The van der Waals surface area contributed by atoms with Gasteiger partial charge in [0, 0.05) is 30.7 Å². The molecular weight excluding hydrogens is 380 g/mol. The van der Waals surface area contributed by atoms with Crippen LogP contribution in [0.5, 0.6) is 5.75 Å². The Hall–Kier alpha value is -1.73. The first-order chi connectivity index (χ1) is 13.9. The Bertz CT molecular complexity index is 664. The van der Waals surface area contributed by atoms with Gasteiger partial charge in [-0.3, -0.25) is 4.79 Å². The molecule has 0 radical (unpaired) electrons. The molecular formula is C22H31F2NO4. The largest absolute Gasteiger partial charge is 0.493 e. The average molecular weight is 411 g/mol. The molecule has 3 rings (SSSR count). The maximum absolute atomic E-state index is 14.3. The van der Waals surface area contributed by atoms with Crippen molar-refractivity contribution in [2.24, 2.45) is 5.92 Å². The predicted molar refractivity (Wildman–Crippen MR) is 105 cm³/mol. The Morgan fingerprint density at radius 1 is 1.07 bits per heavy atom. The molecule has 1 unspecified atom stereocenters. The molecule has 2 saturated carbocycles. The summed E-state index contributed by atoms with van der Waals surface area (Å²) >= 11 is 0. The molecule has 0 saturated heterocycles. The minimum atomic E-state index is -0.625. The molecule has 2 aliphatic carbocycles. The Morgan fingerprint density at radius 3 is 2.21 bits per heavy atom. The van der Waals surface area contributed by atoms with E-state index < -0.39 is 11.6 Å². The minimum absolute atomic E-state index is 0.0244. The molecule has 7 heteroatoms. The van der Waals surface area contributed by atoms with Crippen LogP contribution in [-0.2, 0) is 20.9 Å². The summed E-state index contributed by atoms with van der Waals surface area (Å²) < 4.78 is 45.6. The minimum Gasteiger partial charge on any atom is -0.493 e. The molecule has 1 aromatic carbocycles. The first-order valence-electron chi connectivity index (χ1n) is 10.5. The Morgan fingerprint density at radius 2 is 1.66 bits per heavy atom. The molecule has 0 aromatic heterocycles. The van der Waals surface area contributed by atoms with Crippen LogP contribution in [0.3, 0.4) is 0 Å². The van der Waals surface area contributed by atoms with Crippen molar-refractivity contribution in [3.63, 3.8) is 0 Å². The van der Waals surface area contributed by atoms with Crippen LogP contribution >= 0.6 is 0 Å². The van der Waals surface area contributed by atoms with E-state index in [9.17, 15) is 13.6 Å². The molecule has 5 nitrogen and oxygen atoms in total. The molecule has 2 aliphatic rings. The second-order valence-corrected chi connectivity index (χ2v) is 8.26. The zero-order chi connectivity index (χ0) is 20.8. The van der Waals surface area contributed by atoms with Gasteiger partial charge < -0.3 is 19.5 Å². The van der Waals surface area contributed by atoms with Crippen LogP contribution in [-0.4, -0.2) is 37.4 Å². The summed E-state index contributed by atoms with van der Waals surface area (Å²) in [6, 6.07) is 2.46. The molecule has 2 fully saturated rings. The second kappa shape index (κ2) is 10.3. The fraction of sp³-hybridized carbons (Fsp3) is 0.682. The normalized spacial score (nSPS) is 22.9. The van der Waals surface area contributed by atoms with Crippen molar-refractivity contribution < 1.29 is 27.8 Å². The fourth-order valence-electron chi connectivity index (χ4n) is 3.54. The van der Waals surface area contributed by atoms with E-state index in [1.807, 2.05) is 6.92 Å². The van der Waals surface area contributed by atoms with Crippen LogP contribution in [0.1, 0.15) is 57.9 Å². The predicted octanol–water partition coefficient (Wildman–Crippen LogP) is 4.12. The van der Waals surface area contributed by atoms with Gasteiger partial charge in [0.1, 0.15) is 17.4 Å². The summed E-state index contributed by atoms with van der Waals surface area (Å²) in [6.07, 6.45) is 5.56. The van der Waals surface area contributed by atoms with Gasteiger partial charge in [0.25, 0.3) is 0 Å². The van der Waals surface area contributed by atoms with Crippen molar-refractivity contribution in [3.05, 3.63) is 29.3 Å². The zero-order valence-electron chi connectivity index (χ0n) is 17.2. The van der Waals surface area contributed by atoms with Gasteiger partial charge in [0.2, 0.25) is 5.91 Å². The van der Waals surface area contributed by atoms with Gasteiger partial charge in [0.15, 0.2) is 0 Å². The Balaban J connectivity index is 1.39. The number of benzene rings is 1. The number of carbonyl (C=O) groups excluding carboxylic acids is 1. The van der Waals surface area contributed by atoms with Gasteiger partial charge in [-0.1, -0.05) is 0 Å². The number of rotatable bonds is 10. The lowest BCUT2D eigenvalue weighted by Crippen LogP contribution is -2.36. The first-order valence-corrected chi connectivity index (χ1v) is 10.5. The molecule has 0 aliphatic heterocycles. The van der Waals surface area contributed by atoms with Crippen LogP contribution in [0.2, 0.25) is 0 Å². The average Bonchev–Trinajstić information content (AvgIpc) is 3.49. The summed E-state index contributed by atoms with van der Waals surface area (Å²) in [7, 11) is 0. The maximum atomic E-state index is 14.3. The molecule has 1 atom stereocenters. The van der Waals surface area contributed by atoms with Crippen molar-refractivity contribution >= 4 is 5.91 Å². The monoisotopic (exact) mass is 411 g/mol. The zero-order valence-corrected chi connectivity index (χ0v) is 17.2. The van der Waals surface area contributed by atoms with Crippen LogP contribution < -0.4 is 10.1 Å². The highest BCUT2D eigenvalue weighted by molar-refractivity contribution is 5.73. The van der Waals surface area contributed by atoms with Crippen molar-refractivity contribution in [3.8, 4) is 5.75 Å². The summed E-state index contributed by atoms with van der Waals surface area (Å²) in [6.45, 7) is 4.29. The number of hydrogen-bond donors (Lipinski definition) is 1. The number of hydrogen-bond acceptors (Lipinski definition) is 4. The molecule has 162 valence electrons. The van der Waals surface area contributed by atoms with Crippen molar-refractivity contribution in [2.45, 2.75) is 77.2 Å². The third-order valence-corrected chi connectivity index (χ3v) is 5.41. The van der Waals surface area contributed by atoms with Gasteiger partial charge in [0.05, 0.1) is 32.0 Å². The molecule has 0 spiro atoms. The number of amides is 1. The third kappa shape index (κ3) is 7.23. The smallest absolute Gasteiger partial charge is 0.217 e. The lowest BCUT2D eigenvalue weighted by molar-refractivity contribution is -0.120. The third-order valence-electron chi connectivity index (χ3n) is 5.41. The van der Waals surface area contributed by atoms with Gasteiger partial charge in [-0.2, -0.15) is 0 Å². The molecule has 1 amide bonds. The second-order valence-electron chi connectivity index (χ2n) is 8.26. The van der Waals surface area contributed by atoms with Crippen LogP contribution in [0, 0.1) is 17.6 Å². The maximum Gasteiger partial charge on any atom is 0.217 e. The van der Waals surface area contributed by atoms with E-state index in [1.54, 1.807) is 0 Å². The van der Waals surface area contributed by atoms with E-state index in [1.165, 1.54) is 19.1 Å². The van der Waals surface area contributed by atoms with Crippen molar-refractivity contribution in [1.82, 2.24) is 5.32 Å². The summed E-state index contributed by atoms with van der Waals surface area (Å²) in [5.74, 6) is -0.557. The summed E-state index contributed by atoms with van der Waals surface area (Å²) in [5.41, 5.74) is -0.0497. The van der Waals surface area contributed by atoms with Gasteiger partial charge >= 0.3 is 0 Å². The Labute approximate surface area is 171 Å². The summed E-state index contributed by atoms with van der Waals surface area (Å²) in [5, 5.41) is 2.79. The van der Waals surface area contributed by atoms with Crippen LogP contribution in [0.4, 0.5) is 8.78 Å². The van der Waals surface area contributed by atoms with E-state index in [0.717, 1.165) is 38.5 Å². The van der Waals surface area contributed by atoms with E-state index in [4.69, 9.17) is 14.2 Å². The van der Waals surface area contributed by atoms with E-state index in [0.29, 0.717) is 19.1 Å². The highest BCUT2D eigenvalue weighted by Crippen LogP contribution is 2.31. The lowest BCUT2D eigenvalue weighted by Gasteiger charge is -2.29. The topological polar surface area (TPSA) is 56.8 Å². The lowest BCUT2D eigenvalue weighted by atomic mass is 9.95. The van der Waals surface area contributed by atoms with Gasteiger partial charge in [-0.15, -0.1) is 0 Å². The fourth-order valence-corrected chi connectivity index (χ4v) is 3.54. The standard InChI is InChI=1S/C22H31F2NO4/c1-14(25-15(2)26)11-27-17-5-7-18(8-6-17)29-13-20-21(23)9-19(10-22(20)24)28-12-16-3-4-16/h9-10,14,16-18H,3-8,11-13H2,1-2H3,(H,25,26). The molecule has 0 heterocycles. The number of nitrogens with one attached hydrogen (secondary N) is 1. The quantitative estimate of drug-likeness (QED) is 0.629. The number of ether oxygens (including phenoxy) is 3. The van der Waals surface area contributed by atoms with Gasteiger partial charge in [-0.25, -0.2) is 8.78 Å². The van der Waals surface area contributed by atoms with Gasteiger partial charge in [-0.05, 0) is 51.4 Å². The molecule has 0 bridgehead atoms. The van der Waals surface area contributed by atoms with E-state index >= 15 is 0 Å². The van der Waals surface area contributed by atoms with Crippen molar-refractivity contribution in [2.75, 3.05) is 13.2 Å². The SMILES string of the molecule is CC(=O)NC(C)COC1CCC(OCc2c(F)cc(OCC3CC3)cc2F)CC1. The Kier molecular flexibility index (Phi) is 7.84. The van der Waals surface area contributed by atoms with E-state index in [2.05, 4.69) is 5.32 Å². The van der Waals surface area contributed by atoms with Crippen LogP contribution in [0.25, 0.3) is 0 Å². The highest BCUT2D eigenvalue weighted by atomic mass is 19.1. The highest BCUT2D eigenvalue weighted by Gasteiger charge is 2.25. The first kappa shape index (κ1) is 22.0. The molecule has 1 aromatic rings. The molecule has 1 N–H and O–H groups in total. The number of halogens is 2. The molecule has 29 heavy (non-hydrogen) atoms. The van der Waals surface area contributed by atoms with Crippen molar-refractivity contribution in [1.29, 1.82) is 0 Å². The summed E-state index contributed by atoms with van der Waals surface area (Å²) in [4.78, 5) is 11.0. The number of carbonyl (C=O) groups is 1. The van der Waals surface area contributed by atoms with E-state index in [-0.39, 0.29) is 42.1 Å². The van der Waals surface area contributed by atoms with Crippen LogP contribution in [0.15, 0.2) is 12.1 Å².